The maximum Gasteiger partial charge on any atom is 0.188 e. The van der Waals surface area contributed by atoms with Crippen molar-refractivity contribution in [1.29, 1.82) is 0 Å². The number of nitrogens with one attached hydrogen (secondary N) is 1. The maximum absolute atomic E-state index is 12.4. The summed E-state index contributed by atoms with van der Waals surface area (Å²) in [5.41, 5.74) is 2.67. The molecule has 0 spiro atoms. The smallest absolute Gasteiger partial charge is 0.188 e. The summed E-state index contributed by atoms with van der Waals surface area (Å²) in [4.78, 5) is 24.9. The fraction of sp³-hybridized carbons (Fsp3) is 0. The molecule has 4 aromatic rings. The average molecular weight is 331 g/mol. The predicted molar refractivity (Wildman–Crippen MR) is 97.0 cm³/mol. The van der Waals surface area contributed by atoms with E-state index >= 15 is 0 Å². The van der Waals surface area contributed by atoms with E-state index in [9.17, 15) is 4.79 Å². The van der Waals surface area contributed by atoms with Gasteiger partial charge < -0.3 is 4.98 Å². The molecule has 5 heteroatoms. The van der Waals surface area contributed by atoms with Gasteiger partial charge in [0.1, 0.15) is 5.01 Å². The van der Waals surface area contributed by atoms with Crippen LogP contribution in [-0.2, 0) is 0 Å². The Morgan fingerprint density at radius 3 is 2.83 bits per heavy atom. The minimum atomic E-state index is -0.0219. The molecule has 0 saturated carbocycles. The predicted octanol–water partition coefficient (Wildman–Crippen LogP) is 4.58. The minimum Gasteiger partial charge on any atom is -0.360 e. The highest BCUT2D eigenvalue weighted by Gasteiger charge is 2.09. The number of para-hydroxylation sites is 1. The van der Waals surface area contributed by atoms with Crippen LogP contribution in [0.3, 0.4) is 0 Å². The summed E-state index contributed by atoms with van der Waals surface area (Å²) < 4.78 is 0. The van der Waals surface area contributed by atoms with Gasteiger partial charge in [0, 0.05) is 51.7 Å². The Morgan fingerprint density at radius 1 is 1.12 bits per heavy atom. The summed E-state index contributed by atoms with van der Waals surface area (Å²) in [6, 6.07) is 11.6. The number of thiazole rings is 1. The highest BCUT2D eigenvalue weighted by atomic mass is 32.1. The molecule has 24 heavy (non-hydrogen) atoms. The van der Waals surface area contributed by atoms with E-state index in [0.29, 0.717) is 5.56 Å². The van der Waals surface area contributed by atoms with Crippen molar-refractivity contribution >= 4 is 34.1 Å². The van der Waals surface area contributed by atoms with Gasteiger partial charge in [-0.3, -0.25) is 9.78 Å². The van der Waals surface area contributed by atoms with Crippen LogP contribution in [0.15, 0.2) is 67.3 Å². The first kappa shape index (κ1) is 14.5. The number of rotatable bonds is 4. The second kappa shape index (κ2) is 6.22. The standard InChI is InChI=1S/C19H13N3OS/c23-18(16-12-21-17-4-2-1-3-15(16)17)6-5-14-11-22-19(24-14)13-7-9-20-10-8-13/h1-12,21H/b6-5+. The molecule has 0 fully saturated rings. The molecule has 0 unspecified atom stereocenters. The van der Waals surface area contributed by atoms with Crippen LogP contribution < -0.4 is 0 Å². The third-order valence-corrected chi connectivity index (χ3v) is 4.72. The Hall–Kier alpha value is -3.05. The van der Waals surface area contributed by atoms with Crippen LogP contribution >= 0.6 is 11.3 Å². The van der Waals surface area contributed by atoms with Gasteiger partial charge in [-0.25, -0.2) is 4.98 Å². The molecule has 116 valence electrons. The molecular formula is C19H13N3OS. The number of carbonyl (C=O) groups excluding carboxylic acids is 1. The first-order chi connectivity index (χ1) is 11.8. The summed E-state index contributed by atoms with van der Waals surface area (Å²) in [7, 11) is 0. The zero-order valence-electron chi connectivity index (χ0n) is 12.6. The zero-order valence-corrected chi connectivity index (χ0v) is 13.5. The number of allylic oxidation sites excluding steroid dienone is 1. The summed E-state index contributed by atoms with van der Waals surface area (Å²) in [6.07, 6.45) is 10.4. The number of aromatic nitrogens is 3. The molecule has 4 rings (SSSR count). The maximum atomic E-state index is 12.4. The number of ketones is 1. The Balaban J connectivity index is 1.57. The van der Waals surface area contributed by atoms with E-state index < -0.39 is 0 Å². The van der Waals surface area contributed by atoms with Gasteiger partial charge in [-0.1, -0.05) is 18.2 Å². The average Bonchev–Trinajstić information content (AvgIpc) is 3.27. The normalized spacial score (nSPS) is 11.3. The van der Waals surface area contributed by atoms with Gasteiger partial charge in [0.25, 0.3) is 0 Å². The van der Waals surface area contributed by atoms with Crippen molar-refractivity contribution in [1.82, 2.24) is 15.0 Å². The molecule has 3 aromatic heterocycles. The number of aromatic amines is 1. The molecule has 3 heterocycles. The summed E-state index contributed by atoms with van der Waals surface area (Å²) in [5, 5.41) is 1.85. The Labute approximate surface area is 142 Å². The molecule has 0 aliphatic heterocycles. The third kappa shape index (κ3) is 2.77. The molecule has 0 atom stereocenters. The Morgan fingerprint density at radius 2 is 1.96 bits per heavy atom. The molecule has 0 bridgehead atoms. The number of hydrogen-bond donors (Lipinski definition) is 1. The topological polar surface area (TPSA) is 58.6 Å². The van der Waals surface area contributed by atoms with Crippen molar-refractivity contribution < 1.29 is 4.79 Å². The van der Waals surface area contributed by atoms with Gasteiger partial charge in [0.2, 0.25) is 0 Å². The van der Waals surface area contributed by atoms with E-state index in [4.69, 9.17) is 0 Å². The summed E-state index contributed by atoms with van der Waals surface area (Å²) in [5.74, 6) is -0.0219. The van der Waals surface area contributed by atoms with Crippen molar-refractivity contribution in [2.75, 3.05) is 0 Å². The van der Waals surface area contributed by atoms with Crippen LogP contribution in [0.1, 0.15) is 15.2 Å². The van der Waals surface area contributed by atoms with Crippen LogP contribution in [-0.4, -0.2) is 20.7 Å². The molecule has 1 aromatic carbocycles. The quantitative estimate of drug-likeness (QED) is 0.440. The van der Waals surface area contributed by atoms with E-state index in [1.165, 1.54) is 0 Å². The van der Waals surface area contributed by atoms with Gasteiger partial charge in [-0.05, 0) is 30.4 Å². The van der Waals surface area contributed by atoms with E-state index in [1.807, 2.05) is 42.5 Å². The molecule has 4 nitrogen and oxygen atoms in total. The van der Waals surface area contributed by atoms with Crippen LogP contribution in [0.4, 0.5) is 0 Å². The molecular weight excluding hydrogens is 318 g/mol. The van der Waals surface area contributed by atoms with Crippen molar-refractivity contribution in [3.63, 3.8) is 0 Å². The minimum absolute atomic E-state index is 0.0219. The number of nitrogens with zero attached hydrogens (tertiary/aromatic N) is 2. The lowest BCUT2D eigenvalue weighted by Crippen LogP contribution is -1.91. The number of hydrogen-bond acceptors (Lipinski definition) is 4. The van der Waals surface area contributed by atoms with E-state index in [0.717, 1.165) is 26.4 Å². The van der Waals surface area contributed by atoms with Crippen molar-refractivity contribution in [2.24, 2.45) is 0 Å². The SMILES string of the molecule is O=C(/C=C/c1cnc(-c2ccncc2)s1)c1c[nH]c2ccccc12. The third-order valence-electron chi connectivity index (χ3n) is 3.70. The lowest BCUT2D eigenvalue weighted by molar-refractivity contribution is 0.104. The number of benzene rings is 1. The lowest BCUT2D eigenvalue weighted by Gasteiger charge is -1.93. The summed E-state index contributed by atoms with van der Waals surface area (Å²) in [6.45, 7) is 0. The van der Waals surface area contributed by atoms with Crippen LogP contribution in [0.5, 0.6) is 0 Å². The largest absolute Gasteiger partial charge is 0.360 e. The van der Waals surface area contributed by atoms with Crippen molar-refractivity contribution in [3.05, 3.63) is 77.7 Å². The molecule has 0 radical (unpaired) electrons. The highest BCUT2D eigenvalue weighted by Crippen LogP contribution is 2.25. The van der Waals surface area contributed by atoms with E-state index in [-0.39, 0.29) is 5.78 Å². The highest BCUT2D eigenvalue weighted by molar-refractivity contribution is 7.15. The molecule has 1 N–H and O–H groups in total. The monoisotopic (exact) mass is 331 g/mol. The second-order valence-corrected chi connectivity index (χ2v) is 6.31. The van der Waals surface area contributed by atoms with Crippen LogP contribution in [0.25, 0.3) is 27.6 Å². The lowest BCUT2D eigenvalue weighted by atomic mass is 10.1. The van der Waals surface area contributed by atoms with Crippen molar-refractivity contribution in [2.45, 2.75) is 0 Å². The van der Waals surface area contributed by atoms with Gasteiger partial charge in [-0.2, -0.15) is 0 Å². The fourth-order valence-electron chi connectivity index (χ4n) is 2.51. The number of pyridine rings is 1. The van der Waals surface area contributed by atoms with Crippen LogP contribution in [0.2, 0.25) is 0 Å². The summed E-state index contributed by atoms with van der Waals surface area (Å²) >= 11 is 1.54. The Kier molecular flexibility index (Phi) is 3.76. The second-order valence-electron chi connectivity index (χ2n) is 5.25. The van der Waals surface area contributed by atoms with Gasteiger partial charge >= 0.3 is 0 Å². The molecule has 0 aliphatic rings. The van der Waals surface area contributed by atoms with Crippen molar-refractivity contribution in [3.8, 4) is 10.6 Å². The number of H-pyrrole nitrogens is 1. The number of carbonyl (C=O) groups is 1. The van der Waals surface area contributed by atoms with E-state index in [1.54, 1.807) is 42.2 Å². The number of fused-ring (bicyclic) bond motifs is 1. The van der Waals surface area contributed by atoms with Crippen LogP contribution in [0, 0.1) is 0 Å². The fourth-order valence-corrected chi connectivity index (χ4v) is 3.34. The first-order valence-electron chi connectivity index (χ1n) is 7.46. The van der Waals surface area contributed by atoms with Gasteiger partial charge in [0.05, 0.1) is 0 Å². The molecule has 0 amide bonds. The van der Waals surface area contributed by atoms with Gasteiger partial charge in [-0.15, -0.1) is 11.3 Å². The van der Waals surface area contributed by atoms with E-state index in [2.05, 4.69) is 15.0 Å². The van der Waals surface area contributed by atoms with Gasteiger partial charge in [0.15, 0.2) is 5.78 Å². The molecule has 0 saturated heterocycles. The molecule has 0 aliphatic carbocycles. The first-order valence-corrected chi connectivity index (χ1v) is 8.28. The Bertz CT molecular complexity index is 1030. The zero-order chi connectivity index (χ0) is 16.4.